The van der Waals surface area contributed by atoms with Crippen LogP contribution in [0.2, 0.25) is 0 Å². The first-order chi connectivity index (χ1) is 10.2. The maximum absolute atomic E-state index is 6.54. The van der Waals surface area contributed by atoms with E-state index < -0.39 is 0 Å². The number of benzene rings is 1. The maximum Gasteiger partial charge on any atom is 0.119 e. The molecule has 3 atom stereocenters. The van der Waals surface area contributed by atoms with E-state index in [2.05, 4.69) is 81.7 Å². The molecule has 2 aliphatic heterocycles. The van der Waals surface area contributed by atoms with E-state index in [0.29, 0.717) is 6.04 Å². The van der Waals surface area contributed by atoms with Crippen LogP contribution in [-0.2, 0) is 4.74 Å². The van der Waals surface area contributed by atoms with Crippen molar-refractivity contribution in [3.05, 3.63) is 35.9 Å². The zero-order chi connectivity index (χ0) is 16.1. The first kappa shape index (κ1) is 16.0. The van der Waals surface area contributed by atoms with Crippen molar-refractivity contribution in [2.45, 2.75) is 65.5 Å². The van der Waals surface area contributed by atoms with E-state index >= 15 is 0 Å². The second-order valence-corrected chi connectivity index (χ2v) is 8.57. The van der Waals surface area contributed by atoms with E-state index in [4.69, 9.17) is 4.74 Å². The third-order valence-electron chi connectivity index (χ3n) is 5.22. The highest BCUT2D eigenvalue weighted by Crippen LogP contribution is 2.45. The molecule has 0 aromatic heterocycles. The van der Waals surface area contributed by atoms with Crippen LogP contribution in [0.15, 0.2) is 30.3 Å². The fraction of sp³-hybridized carbons (Fsp3) is 0.684. The van der Waals surface area contributed by atoms with Gasteiger partial charge in [0.05, 0.1) is 12.8 Å². The van der Waals surface area contributed by atoms with Crippen molar-refractivity contribution in [3.8, 4) is 0 Å². The minimum absolute atomic E-state index is 0.128. The number of fused-ring (bicyclic) bond motifs is 1. The van der Waals surface area contributed by atoms with Gasteiger partial charge in [0, 0.05) is 23.5 Å². The van der Waals surface area contributed by atoms with Crippen LogP contribution in [0.5, 0.6) is 0 Å². The molecule has 2 heterocycles. The van der Waals surface area contributed by atoms with Gasteiger partial charge in [-0.15, -0.1) is 0 Å². The van der Waals surface area contributed by atoms with Gasteiger partial charge in [0.15, 0.2) is 0 Å². The van der Waals surface area contributed by atoms with E-state index in [9.17, 15) is 0 Å². The zero-order valence-electron chi connectivity index (χ0n) is 14.8. The summed E-state index contributed by atoms with van der Waals surface area (Å²) in [7, 11) is 0. The first-order valence-corrected chi connectivity index (χ1v) is 8.41. The van der Waals surface area contributed by atoms with Crippen molar-refractivity contribution in [1.29, 1.82) is 0 Å². The van der Waals surface area contributed by atoms with Crippen LogP contribution in [0.25, 0.3) is 0 Å². The highest BCUT2D eigenvalue weighted by Gasteiger charge is 2.52. The Morgan fingerprint density at radius 1 is 1.14 bits per heavy atom. The lowest BCUT2D eigenvalue weighted by molar-refractivity contribution is -0.151. The molecule has 2 aliphatic rings. The van der Waals surface area contributed by atoms with Gasteiger partial charge in [-0.3, -0.25) is 9.80 Å². The molecule has 0 aliphatic carbocycles. The molecule has 3 heteroatoms. The van der Waals surface area contributed by atoms with Crippen molar-refractivity contribution >= 4 is 0 Å². The molecule has 0 N–H and O–H groups in total. The second kappa shape index (κ2) is 5.33. The molecule has 0 bridgehead atoms. The quantitative estimate of drug-likeness (QED) is 0.783. The standard InChI is InChI=1S/C19H30N2O/c1-14-16(15-10-8-7-9-11-15)22-17-19(5,6)12-20(13-21(14)17)18(2,3)4/h7-11,14,16-17H,12-13H2,1-6H3. The molecule has 1 aromatic rings. The summed E-state index contributed by atoms with van der Waals surface area (Å²) >= 11 is 0. The number of ether oxygens (including phenoxy) is 1. The van der Waals surface area contributed by atoms with Gasteiger partial charge >= 0.3 is 0 Å². The fourth-order valence-corrected chi connectivity index (χ4v) is 3.82. The Bertz CT molecular complexity index is 520. The summed E-state index contributed by atoms with van der Waals surface area (Å²) in [6.45, 7) is 16.0. The molecule has 2 fully saturated rings. The molecular formula is C19H30N2O. The van der Waals surface area contributed by atoms with Crippen molar-refractivity contribution in [2.75, 3.05) is 13.2 Å². The van der Waals surface area contributed by atoms with Crippen molar-refractivity contribution in [3.63, 3.8) is 0 Å². The van der Waals surface area contributed by atoms with E-state index in [1.54, 1.807) is 0 Å². The zero-order valence-corrected chi connectivity index (χ0v) is 14.8. The Hall–Kier alpha value is -0.900. The Morgan fingerprint density at radius 3 is 2.36 bits per heavy atom. The lowest BCUT2D eigenvalue weighted by Gasteiger charge is -2.52. The molecule has 122 valence electrons. The van der Waals surface area contributed by atoms with Crippen LogP contribution in [0.1, 0.15) is 53.2 Å². The number of hydrogen-bond acceptors (Lipinski definition) is 3. The second-order valence-electron chi connectivity index (χ2n) is 8.57. The van der Waals surface area contributed by atoms with Gasteiger partial charge < -0.3 is 4.74 Å². The maximum atomic E-state index is 6.54. The molecule has 2 saturated heterocycles. The van der Waals surface area contributed by atoms with Crippen LogP contribution in [0.3, 0.4) is 0 Å². The first-order valence-electron chi connectivity index (χ1n) is 8.41. The van der Waals surface area contributed by atoms with E-state index in [-0.39, 0.29) is 23.3 Å². The van der Waals surface area contributed by atoms with Crippen molar-refractivity contribution in [2.24, 2.45) is 5.41 Å². The monoisotopic (exact) mass is 302 g/mol. The lowest BCUT2D eigenvalue weighted by Crippen LogP contribution is -2.63. The lowest BCUT2D eigenvalue weighted by atomic mass is 9.85. The van der Waals surface area contributed by atoms with Crippen LogP contribution in [0.4, 0.5) is 0 Å². The summed E-state index contributed by atoms with van der Waals surface area (Å²) in [5.41, 5.74) is 1.61. The van der Waals surface area contributed by atoms with E-state index in [1.165, 1.54) is 5.56 Å². The molecule has 0 spiro atoms. The van der Waals surface area contributed by atoms with E-state index in [0.717, 1.165) is 13.2 Å². The minimum Gasteiger partial charge on any atom is -0.353 e. The fourth-order valence-electron chi connectivity index (χ4n) is 3.82. The number of rotatable bonds is 1. The highest BCUT2D eigenvalue weighted by atomic mass is 16.5. The van der Waals surface area contributed by atoms with Crippen LogP contribution in [0, 0.1) is 5.41 Å². The van der Waals surface area contributed by atoms with E-state index in [1.807, 2.05) is 0 Å². The van der Waals surface area contributed by atoms with Crippen molar-refractivity contribution in [1.82, 2.24) is 9.80 Å². The molecule has 3 nitrogen and oxygen atoms in total. The summed E-state index contributed by atoms with van der Waals surface area (Å²) in [5.74, 6) is 0. The third kappa shape index (κ3) is 2.70. The number of hydrogen-bond donors (Lipinski definition) is 0. The smallest absolute Gasteiger partial charge is 0.119 e. The minimum atomic E-state index is 0.128. The van der Waals surface area contributed by atoms with Crippen LogP contribution >= 0.6 is 0 Å². The molecule has 0 radical (unpaired) electrons. The molecule has 3 rings (SSSR count). The van der Waals surface area contributed by atoms with Crippen molar-refractivity contribution < 1.29 is 4.74 Å². The molecular weight excluding hydrogens is 272 g/mol. The normalized spacial score (nSPS) is 32.9. The van der Waals surface area contributed by atoms with Gasteiger partial charge in [0.25, 0.3) is 0 Å². The van der Waals surface area contributed by atoms with Gasteiger partial charge in [0.1, 0.15) is 6.23 Å². The highest BCUT2D eigenvalue weighted by molar-refractivity contribution is 5.21. The number of nitrogens with zero attached hydrogens (tertiary/aromatic N) is 2. The molecule has 1 aromatic carbocycles. The summed E-state index contributed by atoms with van der Waals surface area (Å²) in [6, 6.07) is 11.1. The SMILES string of the molecule is CC1C(c2ccccc2)OC2N1CN(C(C)(C)C)CC2(C)C. The van der Waals surface area contributed by atoms with Crippen LogP contribution in [-0.4, -0.2) is 40.8 Å². The predicted molar refractivity (Wildman–Crippen MR) is 90.5 cm³/mol. The average molecular weight is 302 g/mol. The largest absolute Gasteiger partial charge is 0.353 e. The topological polar surface area (TPSA) is 15.7 Å². The predicted octanol–water partition coefficient (Wildman–Crippen LogP) is 3.87. The third-order valence-corrected chi connectivity index (χ3v) is 5.22. The van der Waals surface area contributed by atoms with Gasteiger partial charge in [-0.1, -0.05) is 44.2 Å². The summed E-state index contributed by atoms with van der Waals surface area (Å²) in [6.07, 6.45) is 0.372. The molecule has 0 amide bonds. The summed E-state index contributed by atoms with van der Waals surface area (Å²) < 4.78 is 6.54. The van der Waals surface area contributed by atoms with Gasteiger partial charge in [-0.25, -0.2) is 0 Å². The summed E-state index contributed by atoms with van der Waals surface area (Å²) in [5, 5.41) is 0. The van der Waals surface area contributed by atoms with Gasteiger partial charge in [0.2, 0.25) is 0 Å². The average Bonchev–Trinajstić information content (AvgIpc) is 2.77. The molecule has 3 unspecified atom stereocenters. The molecule has 0 saturated carbocycles. The Labute approximate surface area is 135 Å². The van der Waals surface area contributed by atoms with Gasteiger partial charge in [-0.05, 0) is 33.3 Å². The Morgan fingerprint density at radius 2 is 1.77 bits per heavy atom. The summed E-state index contributed by atoms with van der Waals surface area (Å²) in [4.78, 5) is 5.13. The van der Waals surface area contributed by atoms with Gasteiger partial charge in [-0.2, -0.15) is 0 Å². The van der Waals surface area contributed by atoms with Crippen LogP contribution < -0.4 is 0 Å². The molecule has 22 heavy (non-hydrogen) atoms. The Balaban J connectivity index is 1.88. The Kier molecular flexibility index (Phi) is 3.87.